The molecule has 0 bridgehead atoms. The fourth-order valence-electron chi connectivity index (χ4n) is 4.55. The highest BCUT2D eigenvalue weighted by Crippen LogP contribution is 2.37. The van der Waals surface area contributed by atoms with E-state index in [9.17, 15) is 0 Å². The third-order valence-electron chi connectivity index (χ3n) is 5.84. The number of nitrogens with zero attached hydrogens (tertiary/aromatic N) is 3. The van der Waals surface area contributed by atoms with Crippen LogP contribution < -0.4 is 5.32 Å². The summed E-state index contributed by atoms with van der Waals surface area (Å²) < 4.78 is 2.52. The maximum absolute atomic E-state index is 4.49. The van der Waals surface area contributed by atoms with Crippen LogP contribution in [0.4, 0.5) is 0 Å². The zero-order valence-corrected chi connectivity index (χ0v) is 12.5. The van der Waals surface area contributed by atoms with E-state index in [0.717, 1.165) is 19.1 Å². The highest BCUT2D eigenvalue weighted by molar-refractivity contribution is 5.18. The molecule has 3 unspecified atom stereocenters. The van der Waals surface area contributed by atoms with E-state index >= 15 is 0 Å². The highest BCUT2D eigenvalue weighted by Gasteiger charge is 2.37. The first-order chi connectivity index (χ1) is 9.76. The van der Waals surface area contributed by atoms with Crippen molar-refractivity contribution < 1.29 is 0 Å². The number of nitrogens with one attached hydrogen (secondary N) is 1. The number of hydrogen-bond donors (Lipinski definition) is 1. The molecule has 0 aliphatic carbocycles. The number of rotatable bonds is 2. The first-order valence-corrected chi connectivity index (χ1v) is 8.23. The van der Waals surface area contributed by atoms with Crippen LogP contribution in [0.5, 0.6) is 0 Å². The van der Waals surface area contributed by atoms with Gasteiger partial charge in [0.1, 0.15) is 0 Å². The molecule has 4 heteroatoms. The van der Waals surface area contributed by atoms with Crippen molar-refractivity contribution in [2.45, 2.75) is 56.5 Å². The van der Waals surface area contributed by atoms with Crippen molar-refractivity contribution >= 4 is 0 Å². The number of fused-ring (bicyclic) bond motifs is 1. The summed E-state index contributed by atoms with van der Waals surface area (Å²) in [6.45, 7) is 7.24. The molecule has 0 spiro atoms. The minimum absolute atomic E-state index is 0.281. The second kappa shape index (κ2) is 4.85. The molecule has 1 aromatic rings. The monoisotopic (exact) mass is 274 g/mol. The summed E-state index contributed by atoms with van der Waals surface area (Å²) >= 11 is 0. The van der Waals surface area contributed by atoms with E-state index < -0.39 is 0 Å². The average Bonchev–Trinajstić information content (AvgIpc) is 3.18. The lowest BCUT2D eigenvalue weighted by molar-refractivity contribution is 0.152. The Balaban J connectivity index is 1.58. The standard InChI is InChI=1S/C16H26N4/c1-16(5-6-17-11-16)15-10-18-12-20(15)14-4-8-19-7-2-3-13(19)9-14/h10,12-14,17H,2-9,11H2,1H3. The Morgan fingerprint density at radius 3 is 3.10 bits per heavy atom. The Hall–Kier alpha value is -0.870. The molecule has 3 aliphatic rings. The minimum Gasteiger partial charge on any atom is -0.331 e. The van der Waals surface area contributed by atoms with Gasteiger partial charge in [-0.15, -0.1) is 0 Å². The molecule has 3 fully saturated rings. The molecule has 1 N–H and O–H groups in total. The van der Waals surface area contributed by atoms with Gasteiger partial charge >= 0.3 is 0 Å². The zero-order valence-electron chi connectivity index (χ0n) is 12.5. The number of imidazole rings is 1. The summed E-state index contributed by atoms with van der Waals surface area (Å²) in [5.41, 5.74) is 1.74. The summed E-state index contributed by atoms with van der Waals surface area (Å²) in [4.78, 5) is 7.19. The van der Waals surface area contributed by atoms with Crippen molar-refractivity contribution in [3.05, 3.63) is 18.2 Å². The Bertz CT molecular complexity index is 475. The van der Waals surface area contributed by atoms with Gasteiger partial charge in [-0.25, -0.2) is 4.98 Å². The molecule has 0 aromatic carbocycles. The van der Waals surface area contributed by atoms with Gasteiger partial charge in [0, 0.05) is 42.5 Å². The van der Waals surface area contributed by atoms with Crippen LogP contribution in [0.2, 0.25) is 0 Å². The van der Waals surface area contributed by atoms with Gasteiger partial charge in [-0.05, 0) is 45.2 Å². The summed E-state index contributed by atoms with van der Waals surface area (Å²) in [5.74, 6) is 0. The largest absolute Gasteiger partial charge is 0.331 e. The Morgan fingerprint density at radius 1 is 1.30 bits per heavy atom. The van der Waals surface area contributed by atoms with E-state index in [4.69, 9.17) is 0 Å². The van der Waals surface area contributed by atoms with E-state index in [0.29, 0.717) is 6.04 Å². The second-order valence-corrected chi connectivity index (χ2v) is 7.18. The Labute approximate surface area is 121 Å². The molecule has 20 heavy (non-hydrogen) atoms. The maximum atomic E-state index is 4.49. The third kappa shape index (κ3) is 2.01. The third-order valence-corrected chi connectivity index (χ3v) is 5.84. The Morgan fingerprint density at radius 2 is 2.25 bits per heavy atom. The van der Waals surface area contributed by atoms with Crippen LogP contribution >= 0.6 is 0 Å². The summed E-state index contributed by atoms with van der Waals surface area (Å²) in [7, 11) is 0. The predicted molar refractivity (Wildman–Crippen MR) is 79.9 cm³/mol. The molecule has 4 heterocycles. The smallest absolute Gasteiger partial charge is 0.0951 e. The molecule has 4 rings (SSSR count). The quantitative estimate of drug-likeness (QED) is 0.894. The molecule has 0 radical (unpaired) electrons. The Kier molecular flexibility index (Phi) is 3.11. The van der Waals surface area contributed by atoms with Crippen LogP contribution in [-0.2, 0) is 5.41 Å². The molecule has 3 aliphatic heterocycles. The van der Waals surface area contributed by atoms with Gasteiger partial charge in [0.15, 0.2) is 0 Å². The van der Waals surface area contributed by atoms with Crippen LogP contribution in [0.1, 0.15) is 50.8 Å². The molecule has 110 valence electrons. The molecule has 0 amide bonds. The van der Waals surface area contributed by atoms with E-state index in [2.05, 4.69) is 39.2 Å². The van der Waals surface area contributed by atoms with Crippen molar-refractivity contribution in [1.29, 1.82) is 0 Å². The highest BCUT2D eigenvalue weighted by atomic mass is 15.2. The van der Waals surface area contributed by atoms with Gasteiger partial charge in [0.2, 0.25) is 0 Å². The summed E-state index contributed by atoms with van der Waals surface area (Å²) in [6.07, 6.45) is 10.9. The lowest BCUT2D eigenvalue weighted by atomic mass is 9.85. The number of piperidine rings is 1. The number of hydrogen-bond acceptors (Lipinski definition) is 3. The van der Waals surface area contributed by atoms with Crippen LogP contribution in [0.25, 0.3) is 0 Å². The van der Waals surface area contributed by atoms with Crippen LogP contribution in [0.3, 0.4) is 0 Å². The van der Waals surface area contributed by atoms with Gasteiger partial charge in [-0.1, -0.05) is 6.92 Å². The van der Waals surface area contributed by atoms with Crippen molar-refractivity contribution in [1.82, 2.24) is 19.8 Å². The summed E-state index contributed by atoms with van der Waals surface area (Å²) in [6, 6.07) is 1.50. The van der Waals surface area contributed by atoms with Gasteiger partial charge in [-0.3, -0.25) is 0 Å². The van der Waals surface area contributed by atoms with Crippen molar-refractivity contribution in [2.75, 3.05) is 26.2 Å². The zero-order chi connectivity index (χ0) is 13.6. The van der Waals surface area contributed by atoms with E-state index in [1.165, 1.54) is 50.9 Å². The van der Waals surface area contributed by atoms with Crippen molar-refractivity contribution in [2.24, 2.45) is 0 Å². The van der Waals surface area contributed by atoms with Gasteiger partial charge in [-0.2, -0.15) is 0 Å². The van der Waals surface area contributed by atoms with Crippen LogP contribution in [0.15, 0.2) is 12.5 Å². The van der Waals surface area contributed by atoms with Crippen LogP contribution in [-0.4, -0.2) is 46.7 Å². The van der Waals surface area contributed by atoms with Gasteiger partial charge < -0.3 is 14.8 Å². The average molecular weight is 274 g/mol. The molecular formula is C16H26N4. The first-order valence-electron chi connectivity index (χ1n) is 8.23. The van der Waals surface area contributed by atoms with Crippen molar-refractivity contribution in [3.8, 4) is 0 Å². The fraction of sp³-hybridized carbons (Fsp3) is 0.812. The molecule has 4 nitrogen and oxygen atoms in total. The molecule has 1 aromatic heterocycles. The molecule has 3 atom stereocenters. The molecular weight excluding hydrogens is 248 g/mol. The van der Waals surface area contributed by atoms with Crippen LogP contribution in [0, 0.1) is 0 Å². The van der Waals surface area contributed by atoms with Crippen molar-refractivity contribution in [3.63, 3.8) is 0 Å². The molecule has 3 saturated heterocycles. The maximum Gasteiger partial charge on any atom is 0.0951 e. The SMILES string of the molecule is CC1(c2cncn2C2CCN3CCCC3C2)CCNC1. The second-order valence-electron chi connectivity index (χ2n) is 7.18. The first kappa shape index (κ1) is 12.8. The van der Waals surface area contributed by atoms with E-state index in [1.807, 2.05) is 0 Å². The topological polar surface area (TPSA) is 33.1 Å². The molecule has 0 saturated carbocycles. The summed E-state index contributed by atoms with van der Waals surface area (Å²) in [5, 5.41) is 3.52. The predicted octanol–water partition coefficient (Wildman–Crippen LogP) is 1.93. The van der Waals surface area contributed by atoms with Gasteiger partial charge in [0.05, 0.1) is 6.33 Å². The van der Waals surface area contributed by atoms with E-state index in [-0.39, 0.29) is 5.41 Å². The minimum atomic E-state index is 0.281. The lowest BCUT2D eigenvalue weighted by Gasteiger charge is -2.37. The fourth-order valence-corrected chi connectivity index (χ4v) is 4.55. The number of aromatic nitrogens is 2. The van der Waals surface area contributed by atoms with Gasteiger partial charge in [0.25, 0.3) is 0 Å². The van der Waals surface area contributed by atoms with E-state index in [1.54, 1.807) is 0 Å². The lowest BCUT2D eigenvalue weighted by Crippen LogP contribution is -2.40. The normalized spacial score (nSPS) is 38.2.